The highest BCUT2D eigenvalue weighted by Crippen LogP contribution is 2.63. The Balaban J connectivity index is 1.75. The number of aliphatic hydroxyl groups is 1. The van der Waals surface area contributed by atoms with Gasteiger partial charge in [0.05, 0.1) is 5.60 Å². The van der Waals surface area contributed by atoms with E-state index < -0.39 is 5.60 Å². The van der Waals surface area contributed by atoms with Gasteiger partial charge in [-0.05, 0) is 68.6 Å². The molecule has 3 aliphatic rings. The summed E-state index contributed by atoms with van der Waals surface area (Å²) in [5.41, 5.74) is 6.24. The number of carbonyl (C=O) groups is 1. The van der Waals surface area contributed by atoms with E-state index in [0.717, 1.165) is 58.0 Å². The molecule has 0 radical (unpaired) electrons. The summed E-state index contributed by atoms with van der Waals surface area (Å²) in [5.74, 6) is 0.727. The topological polar surface area (TPSA) is 66.6 Å². The predicted octanol–water partition coefficient (Wildman–Crippen LogP) is 2.68. The molecule has 4 atom stereocenters. The van der Waals surface area contributed by atoms with E-state index in [-0.39, 0.29) is 16.9 Å². The minimum atomic E-state index is -0.575. The van der Waals surface area contributed by atoms with Crippen molar-refractivity contribution in [3.8, 4) is 0 Å². The minimum Gasteiger partial charge on any atom is -0.390 e. The van der Waals surface area contributed by atoms with Crippen LogP contribution in [-0.4, -0.2) is 40.6 Å². The molecule has 4 nitrogen and oxygen atoms in total. The zero-order valence-corrected chi connectivity index (χ0v) is 15.1. The summed E-state index contributed by atoms with van der Waals surface area (Å²) >= 11 is 0. The fourth-order valence-corrected chi connectivity index (χ4v) is 5.78. The molecule has 1 amide bonds. The van der Waals surface area contributed by atoms with Gasteiger partial charge in [-0.15, -0.1) is 0 Å². The average Bonchev–Trinajstić information content (AvgIpc) is 3.04. The van der Waals surface area contributed by atoms with Crippen molar-refractivity contribution in [1.29, 1.82) is 0 Å². The Hall–Kier alpha value is -0.610. The smallest absolute Gasteiger partial charge is 0.222 e. The second-order valence-electron chi connectivity index (χ2n) is 9.37. The lowest BCUT2D eigenvalue weighted by molar-refractivity contribution is -0.132. The number of likely N-dealkylation sites (tertiary alicyclic amines) is 1. The summed E-state index contributed by atoms with van der Waals surface area (Å²) in [6, 6.07) is 0.157. The number of amides is 1. The van der Waals surface area contributed by atoms with Crippen LogP contribution < -0.4 is 5.73 Å². The first-order valence-corrected chi connectivity index (χ1v) is 9.42. The number of nitrogens with zero attached hydrogens (tertiary/aromatic N) is 1. The maximum absolute atomic E-state index is 12.5. The van der Waals surface area contributed by atoms with E-state index in [1.165, 1.54) is 0 Å². The Morgan fingerprint density at radius 2 is 1.83 bits per heavy atom. The van der Waals surface area contributed by atoms with Crippen molar-refractivity contribution in [1.82, 2.24) is 4.90 Å². The third-order valence-corrected chi connectivity index (χ3v) is 7.16. The van der Waals surface area contributed by atoms with Crippen LogP contribution in [0.3, 0.4) is 0 Å². The van der Waals surface area contributed by atoms with E-state index >= 15 is 0 Å². The molecule has 1 heterocycles. The van der Waals surface area contributed by atoms with Crippen molar-refractivity contribution in [2.24, 2.45) is 22.5 Å². The Morgan fingerprint density at radius 3 is 2.48 bits per heavy atom. The van der Waals surface area contributed by atoms with Crippen molar-refractivity contribution >= 4 is 5.91 Å². The summed E-state index contributed by atoms with van der Waals surface area (Å²) in [4.78, 5) is 14.5. The van der Waals surface area contributed by atoms with Gasteiger partial charge in [-0.3, -0.25) is 4.79 Å². The first-order valence-electron chi connectivity index (χ1n) is 9.42. The van der Waals surface area contributed by atoms with Crippen LogP contribution in [0, 0.1) is 16.7 Å². The highest BCUT2D eigenvalue weighted by molar-refractivity contribution is 5.76. The third kappa shape index (κ3) is 3.05. The summed E-state index contributed by atoms with van der Waals surface area (Å²) in [6.07, 6.45) is 7.42. The molecule has 2 saturated carbocycles. The molecule has 0 bridgehead atoms. The van der Waals surface area contributed by atoms with Gasteiger partial charge in [-0.1, -0.05) is 13.8 Å². The molecule has 1 aliphatic heterocycles. The maximum atomic E-state index is 12.5. The Labute approximate surface area is 140 Å². The first-order chi connectivity index (χ1) is 10.7. The van der Waals surface area contributed by atoms with Crippen molar-refractivity contribution in [3.63, 3.8) is 0 Å². The first kappa shape index (κ1) is 17.2. The van der Waals surface area contributed by atoms with Gasteiger partial charge in [0.15, 0.2) is 0 Å². The van der Waals surface area contributed by atoms with Crippen LogP contribution in [-0.2, 0) is 4.79 Å². The highest BCUT2D eigenvalue weighted by atomic mass is 16.3. The molecule has 23 heavy (non-hydrogen) atoms. The fraction of sp³-hybridized carbons (Fsp3) is 0.947. The zero-order valence-electron chi connectivity index (χ0n) is 15.1. The van der Waals surface area contributed by atoms with Crippen molar-refractivity contribution < 1.29 is 9.90 Å². The Kier molecular flexibility index (Phi) is 4.29. The second-order valence-corrected chi connectivity index (χ2v) is 9.37. The van der Waals surface area contributed by atoms with E-state index in [2.05, 4.69) is 13.8 Å². The molecule has 3 N–H and O–H groups in total. The Morgan fingerprint density at radius 1 is 1.17 bits per heavy atom. The van der Waals surface area contributed by atoms with Gasteiger partial charge in [0.1, 0.15) is 0 Å². The number of hydrogen-bond acceptors (Lipinski definition) is 3. The van der Waals surface area contributed by atoms with Crippen LogP contribution in [0.5, 0.6) is 0 Å². The molecule has 0 spiro atoms. The minimum absolute atomic E-state index is 0.0428. The van der Waals surface area contributed by atoms with E-state index in [1.807, 2.05) is 11.8 Å². The average molecular weight is 322 g/mol. The molecule has 0 aromatic carbocycles. The molecule has 1 saturated heterocycles. The molecule has 0 unspecified atom stereocenters. The zero-order chi connectivity index (χ0) is 16.9. The number of hydrogen-bond donors (Lipinski definition) is 2. The van der Waals surface area contributed by atoms with Gasteiger partial charge in [-0.25, -0.2) is 0 Å². The quantitative estimate of drug-likeness (QED) is 0.839. The molecular formula is C19H34N2O2. The largest absolute Gasteiger partial charge is 0.390 e. The van der Waals surface area contributed by atoms with Crippen molar-refractivity contribution in [2.75, 3.05) is 13.1 Å². The molecule has 132 valence electrons. The van der Waals surface area contributed by atoms with Crippen molar-refractivity contribution in [2.45, 2.75) is 83.8 Å². The summed E-state index contributed by atoms with van der Waals surface area (Å²) in [5, 5.41) is 10.6. The van der Waals surface area contributed by atoms with Gasteiger partial charge < -0.3 is 15.7 Å². The van der Waals surface area contributed by atoms with Crippen LogP contribution in [0.2, 0.25) is 0 Å². The van der Waals surface area contributed by atoms with Crippen LogP contribution in [0.15, 0.2) is 0 Å². The van der Waals surface area contributed by atoms with Gasteiger partial charge >= 0.3 is 0 Å². The van der Waals surface area contributed by atoms with Gasteiger partial charge in [-0.2, -0.15) is 0 Å². The second kappa shape index (κ2) is 5.73. The van der Waals surface area contributed by atoms with E-state index in [9.17, 15) is 9.90 Å². The normalized spacial score (nSPS) is 42.7. The monoisotopic (exact) mass is 322 g/mol. The third-order valence-electron chi connectivity index (χ3n) is 7.16. The van der Waals surface area contributed by atoms with Crippen LogP contribution in [0.4, 0.5) is 0 Å². The number of nitrogens with two attached hydrogens (primary N) is 1. The molecule has 0 aromatic rings. The number of fused-ring (bicyclic) bond motifs is 1. The lowest BCUT2D eigenvalue weighted by Gasteiger charge is -2.50. The summed E-state index contributed by atoms with van der Waals surface area (Å²) < 4.78 is 0. The van der Waals surface area contributed by atoms with Gasteiger partial charge in [0.25, 0.3) is 0 Å². The van der Waals surface area contributed by atoms with Crippen LogP contribution in [0.1, 0.15) is 72.1 Å². The van der Waals surface area contributed by atoms with E-state index in [1.54, 1.807) is 0 Å². The standard InChI is InChI=1S/C19H34N2O2/c1-17(2)13-15(20)19(9-8-18(3,23)12-14(17)19)7-6-16(22)21-10-4-5-11-21/h14-15,23H,4-13,20H2,1-3H3/t14-,15-,18-,19-/m0/s1. The molecule has 4 heteroatoms. The SMILES string of the molecule is CC1(C)C[C@H](N)[C@@]2(CCC(=O)N3CCCC3)CC[C@](C)(O)C[C@@H]12. The summed E-state index contributed by atoms with van der Waals surface area (Å²) in [6.45, 7) is 8.42. The molecule has 2 aliphatic carbocycles. The predicted molar refractivity (Wildman–Crippen MR) is 91.8 cm³/mol. The lowest BCUT2D eigenvalue weighted by atomic mass is 9.57. The van der Waals surface area contributed by atoms with E-state index in [4.69, 9.17) is 5.73 Å². The molecular weight excluding hydrogens is 288 g/mol. The lowest BCUT2D eigenvalue weighted by Crippen LogP contribution is -2.50. The molecule has 3 fully saturated rings. The Bertz CT molecular complexity index is 468. The van der Waals surface area contributed by atoms with Crippen LogP contribution >= 0.6 is 0 Å². The molecule has 3 rings (SSSR count). The van der Waals surface area contributed by atoms with Gasteiger partial charge in [0, 0.05) is 25.6 Å². The number of carbonyl (C=O) groups excluding carboxylic acids is 1. The summed E-state index contributed by atoms with van der Waals surface area (Å²) in [7, 11) is 0. The highest BCUT2D eigenvalue weighted by Gasteiger charge is 2.60. The maximum Gasteiger partial charge on any atom is 0.222 e. The van der Waals surface area contributed by atoms with Crippen molar-refractivity contribution in [3.05, 3.63) is 0 Å². The molecule has 0 aromatic heterocycles. The fourth-order valence-electron chi connectivity index (χ4n) is 5.78. The van der Waals surface area contributed by atoms with Crippen LogP contribution in [0.25, 0.3) is 0 Å². The van der Waals surface area contributed by atoms with E-state index in [0.29, 0.717) is 18.2 Å². The van der Waals surface area contributed by atoms with Gasteiger partial charge in [0.2, 0.25) is 5.91 Å². The number of rotatable bonds is 3.